The molecule has 1 amide bonds. The van der Waals surface area contributed by atoms with E-state index in [4.69, 9.17) is 0 Å². The second kappa shape index (κ2) is 5.78. The van der Waals surface area contributed by atoms with Gasteiger partial charge >= 0.3 is 0 Å². The number of hydrogen-bond donors (Lipinski definition) is 1. The molecule has 6 nitrogen and oxygen atoms in total. The third-order valence-corrected chi connectivity index (χ3v) is 3.17. The summed E-state index contributed by atoms with van der Waals surface area (Å²) in [4.78, 5) is 25.4. The first-order chi connectivity index (χ1) is 9.88. The maximum Gasteiger partial charge on any atom is 0.276 e. The summed E-state index contributed by atoms with van der Waals surface area (Å²) in [6, 6.07) is 8.51. The van der Waals surface area contributed by atoms with Gasteiger partial charge in [0.05, 0.1) is 0 Å². The van der Waals surface area contributed by atoms with Crippen LogP contribution in [0, 0.1) is 6.92 Å². The first kappa shape index (κ1) is 14.8. The Morgan fingerprint density at radius 3 is 2.52 bits per heavy atom. The normalized spacial score (nSPS) is 10.3. The molecular weight excluding hydrogens is 268 g/mol. The van der Waals surface area contributed by atoms with Crippen LogP contribution in [0.15, 0.2) is 35.1 Å². The fourth-order valence-corrected chi connectivity index (χ4v) is 1.88. The van der Waals surface area contributed by atoms with Crippen molar-refractivity contribution in [3.63, 3.8) is 0 Å². The van der Waals surface area contributed by atoms with E-state index in [9.17, 15) is 9.59 Å². The Morgan fingerprint density at radius 2 is 1.95 bits per heavy atom. The number of aryl methyl sites for hydroxylation is 2. The molecule has 1 heterocycles. The summed E-state index contributed by atoms with van der Waals surface area (Å²) >= 11 is 0. The SMILES string of the molecule is Cc1cc(N(C)C)ccc1NC(=O)c1ccc(=O)n(C)n1. The molecule has 0 radical (unpaired) electrons. The van der Waals surface area contributed by atoms with Crippen molar-refractivity contribution < 1.29 is 4.79 Å². The van der Waals surface area contributed by atoms with Crippen molar-refractivity contribution in [1.82, 2.24) is 9.78 Å². The first-order valence-corrected chi connectivity index (χ1v) is 6.52. The third kappa shape index (κ3) is 3.28. The summed E-state index contributed by atoms with van der Waals surface area (Å²) < 4.78 is 1.14. The molecule has 21 heavy (non-hydrogen) atoms. The summed E-state index contributed by atoms with van der Waals surface area (Å²) in [6.07, 6.45) is 0. The van der Waals surface area contributed by atoms with Crippen LogP contribution in [0.5, 0.6) is 0 Å². The molecule has 110 valence electrons. The van der Waals surface area contributed by atoms with Crippen molar-refractivity contribution >= 4 is 17.3 Å². The molecule has 2 rings (SSSR count). The highest BCUT2D eigenvalue weighted by atomic mass is 16.2. The molecule has 0 aliphatic carbocycles. The van der Waals surface area contributed by atoms with Gasteiger partial charge in [-0.15, -0.1) is 0 Å². The highest BCUT2D eigenvalue weighted by Crippen LogP contribution is 2.21. The van der Waals surface area contributed by atoms with Crippen molar-refractivity contribution in [2.24, 2.45) is 7.05 Å². The summed E-state index contributed by atoms with van der Waals surface area (Å²) in [5.41, 5.74) is 2.69. The van der Waals surface area contributed by atoms with Crippen LogP contribution < -0.4 is 15.8 Å². The molecule has 0 spiro atoms. The zero-order chi connectivity index (χ0) is 15.6. The summed E-state index contributed by atoms with van der Waals surface area (Å²) in [7, 11) is 5.43. The Morgan fingerprint density at radius 1 is 1.24 bits per heavy atom. The van der Waals surface area contributed by atoms with Crippen molar-refractivity contribution in [2.45, 2.75) is 6.92 Å². The van der Waals surface area contributed by atoms with E-state index < -0.39 is 0 Å². The van der Waals surface area contributed by atoms with Crippen LogP contribution in [0.3, 0.4) is 0 Å². The lowest BCUT2D eigenvalue weighted by molar-refractivity contribution is 0.102. The Hall–Kier alpha value is -2.63. The van der Waals surface area contributed by atoms with E-state index in [1.165, 1.54) is 19.2 Å². The maximum absolute atomic E-state index is 12.1. The largest absolute Gasteiger partial charge is 0.378 e. The number of aromatic nitrogens is 2. The lowest BCUT2D eigenvalue weighted by Gasteiger charge is -2.15. The number of hydrogen-bond acceptors (Lipinski definition) is 4. The quantitative estimate of drug-likeness (QED) is 0.926. The summed E-state index contributed by atoms with van der Waals surface area (Å²) in [6.45, 7) is 1.93. The average Bonchev–Trinajstić information content (AvgIpc) is 2.43. The second-order valence-electron chi connectivity index (χ2n) is 5.03. The molecule has 1 aromatic heterocycles. The van der Waals surface area contributed by atoms with Gasteiger partial charge in [0.2, 0.25) is 0 Å². The highest BCUT2D eigenvalue weighted by molar-refractivity contribution is 6.03. The zero-order valence-corrected chi connectivity index (χ0v) is 12.5. The van der Waals surface area contributed by atoms with Gasteiger partial charge in [0, 0.05) is 38.6 Å². The number of carbonyl (C=O) groups is 1. The summed E-state index contributed by atoms with van der Waals surface area (Å²) in [5.74, 6) is -0.341. The van der Waals surface area contributed by atoms with Crippen molar-refractivity contribution in [3.05, 3.63) is 51.9 Å². The number of rotatable bonds is 3. The van der Waals surface area contributed by atoms with E-state index >= 15 is 0 Å². The van der Waals surface area contributed by atoms with Gasteiger partial charge in [-0.25, -0.2) is 4.68 Å². The van der Waals surface area contributed by atoms with Gasteiger partial charge in [-0.2, -0.15) is 5.10 Å². The molecule has 0 aliphatic heterocycles. The molecule has 0 atom stereocenters. The Kier molecular flexibility index (Phi) is 4.07. The van der Waals surface area contributed by atoms with E-state index in [1.807, 2.05) is 44.1 Å². The summed E-state index contributed by atoms with van der Waals surface area (Å²) in [5, 5.41) is 6.73. The van der Waals surface area contributed by atoms with E-state index in [0.717, 1.165) is 21.6 Å². The van der Waals surface area contributed by atoms with Crippen LogP contribution >= 0.6 is 0 Å². The fourth-order valence-electron chi connectivity index (χ4n) is 1.88. The fraction of sp³-hybridized carbons (Fsp3) is 0.267. The second-order valence-corrected chi connectivity index (χ2v) is 5.03. The van der Waals surface area contributed by atoms with Crippen LogP contribution in [-0.4, -0.2) is 29.8 Å². The predicted octanol–water partition coefficient (Wildman–Crippen LogP) is 1.41. The minimum absolute atomic E-state index is 0.202. The number of amides is 1. The topological polar surface area (TPSA) is 67.2 Å². The number of anilines is 2. The molecule has 1 N–H and O–H groups in total. The molecule has 1 aromatic carbocycles. The predicted molar refractivity (Wildman–Crippen MR) is 82.9 cm³/mol. The van der Waals surface area contributed by atoms with Gasteiger partial charge in [-0.05, 0) is 36.8 Å². The van der Waals surface area contributed by atoms with E-state index in [1.54, 1.807) is 0 Å². The third-order valence-electron chi connectivity index (χ3n) is 3.17. The maximum atomic E-state index is 12.1. The van der Waals surface area contributed by atoms with Crippen LogP contribution in [-0.2, 0) is 7.05 Å². The minimum Gasteiger partial charge on any atom is -0.378 e. The number of nitrogens with zero attached hydrogens (tertiary/aromatic N) is 3. The van der Waals surface area contributed by atoms with Crippen LogP contribution in [0.25, 0.3) is 0 Å². The van der Waals surface area contributed by atoms with Crippen LogP contribution in [0.1, 0.15) is 16.1 Å². The molecule has 0 aliphatic rings. The van der Waals surface area contributed by atoms with Crippen molar-refractivity contribution in [1.29, 1.82) is 0 Å². The van der Waals surface area contributed by atoms with E-state index in [-0.39, 0.29) is 17.2 Å². The van der Waals surface area contributed by atoms with Crippen molar-refractivity contribution in [2.75, 3.05) is 24.3 Å². The van der Waals surface area contributed by atoms with Gasteiger partial charge < -0.3 is 10.2 Å². The Bertz CT molecular complexity index is 735. The highest BCUT2D eigenvalue weighted by Gasteiger charge is 2.10. The molecule has 0 saturated heterocycles. The zero-order valence-electron chi connectivity index (χ0n) is 12.5. The Balaban J connectivity index is 2.23. The lowest BCUT2D eigenvalue weighted by Crippen LogP contribution is -2.23. The van der Waals surface area contributed by atoms with Crippen molar-refractivity contribution in [3.8, 4) is 0 Å². The monoisotopic (exact) mass is 286 g/mol. The van der Waals surface area contributed by atoms with Crippen LogP contribution in [0.2, 0.25) is 0 Å². The van der Waals surface area contributed by atoms with Gasteiger partial charge in [0.25, 0.3) is 11.5 Å². The molecule has 0 bridgehead atoms. The molecule has 6 heteroatoms. The van der Waals surface area contributed by atoms with E-state index in [2.05, 4.69) is 10.4 Å². The average molecular weight is 286 g/mol. The lowest BCUT2D eigenvalue weighted by atomic mass is 10.1. The van der Waals surface area contributed by atoms with E-state index in [0.29, 0.717) is 0 Å². The Labute approximate surface area is 123 Å². The van der Waals surface area contributed by atoms with Gasteiger partial charge in [0.15, 0.2) is 0 Å². The molecule has 2 aromatic rings. The minimum atomic E-state index is -0.341. The number of carbonyl (C=O) groups excluding carboxylic acids is 1. The molecule has 0 unspecified atom stereocenters. The van der Waals surface area contributed by atoms with Gasteiger partial charge in [-0.3, -0.25) is 9.59 Å². The molecular formula is C15H18N4O2. The van der Waals surface area contributed by atoms with Crippen LogP contribution in [0.4, 0.5) is 11.4 Å². The first-order valence-electron chi connectivity index (χ1n) is 6.52. The standard InChI is InChI=1S/C15H18N4O2/c1-10-9-11(18(2)3)5-6-12(10)16-15(21)13-7-8-14(20)19(4)17-13/h5-9H,1-4H3,(H,16,21). The smallest absolute Gasteiger partial charge is 0.276 e. The van der Waals surface area contributed by atoms with Gasteiger partial charge in [-0.1, -0.05) is 0 Å². The number of nitrogens with one attached hydrogen (secondary N) is 1. The molecule has 0 saturated carbocycles. The number of benzene rings is 1. The molecule has 0 fully saturated rings. The van der Waals surface area contributed by atoms with Gasteiger partial charge in [0.1, 0.15) is 5.69 Å².